The fourth-order valence-electron chi connectivity index (χ4n) is 6.24. The maximum absolute atomic E-state index is 14.3. The van der Waals surface area contributed by atoms with Crippen LogP contribution in [0.3, 0.4) is 0 Å². The number of aliphatic hydroxyl groups excluding tert-OH is 1. The maximum Gasteiger partial charge on any atom is 0.251 e. The minimum atomic E-state index is -0.921. The lowest BCUT2D eigenvalue weighted by molar-refractivity contribution is -0.144. The average molecular weight is 516 g/mol. The van der Waals surface area contributed by atoms with Crippen LogP contribution in [0.5, 0.6) is 0 Å². The van der Waals surface area contributed by atoms with Crippen molar-refractivity contribution < 1.29 is 19.5 Å². The third-order valence-corrected chi connectivity index (χ3v) is 9.96. The van der Waals surface area contributed by atoms with Crippen LogP contribution in [-0.2, 0) is 14.4 Å². The molecular weight excluding hydrogens is 486 g/mol. The molecule has 3 amide bonds. The van der Waals surface area contributed by atoms with Crippen molar-refractivity contribution in [1.29, 1.82) is 0 Å². The molecule has 0 radical (unpaired) electrons. The highest BCUT2D eigenvalue weighted by molar-refractivity contribution is 8.02. The van der Waals surface area contributed by atoms with Gasteiger partial charge in [0, 0.05) is 35.6 Å². The number of aliphatic hydroxyl groups is 1. The number of anilines is 1. The van der Waals surface area contributed by atoms with E-state index in [1.54, 1.807) is 57.8 Å². The summed E-state index contributed by atoms with van der Waals surface area (Å²) in [6.07, 6.45) is 8.44. The molecule has 35 heavy (non-hydrogen) atoms. The number of likely N-dealkylation sites (N-methyl/N-ethyl adjacent to an activating group) is 1. The zero-order chi connectivity index (χ0) is 25.1. The Labute approximate surface area is 214 Å². The summed E-state index contributed by atoms with van der Waals surface area (Å²) < 4.78 is -1.55. The molecule has 1 N–H and O–H groups in total. The highest BCUT2D eigenvalue weighted by Gasteiger charge is 2.74. The van der Waals surface area contributed by atoms with Crippen LogP contribution in [0.2, 0.25) is 5.02 Å². The zero-order valence-corrected chi connectivity index (χ0v) is 21.6. The van der Waals surface area contributed by atoms with E-state index in [0.29, 0.717) is 30.2 Å². The summed E-state index contributed by atoms with van der Waals surface area (Å²) in [5.74, 6) is -1.83. The van der Waals surface area contributed by atoms with Crippen LogP contribution in [0.15, 0.2) is 48.6 Å². The smallest absolute Gasteiger partial charge is 0.251 e. The van der Waals surface area contributed by atoms with Gasteiger partial charge in [0.05, 0.1) is 29.2 Å². The molecule has 6 atom stereocenters. The van der Waals surface area contributed by atoms with Crippen LogP contribution >= 0.6 is 23.4 Å². The number of thioether (sulfide) groups is 1. The second kappa shape index (κ2) is 8.68. The number of amides is 3. The largest absolute Gasteiger partial charge is 0.394 e. The van der Waals surface area contributed by atoms with Gasteiger partial charge in [-0.3, -0.25) is 14.4 Å². The lowest BCUT2D eigenvalue weighted by Gasteiger charge is -2.39. The number of likely N-dealkylation sites (tertiary alicyclic amines) is 1. The fraction of sp³-hybridized carbons (Fsp3) is 0.500. The summed E-state index contributed by atoms with van der Waals surface area (Å²) in [6, 6.07) is 5.70. The van der Waals surface area contributed by atoms with Crippen LogP contribution in [0, 0.1) is 11.8 Å². The van der Waals surface area contributed by atoms with Crippen molar-refractivity contribution in [2.45, 2.75) is 41.8 Å². The zero-order valence-electron chi connectivity index (χ0n) is 20.1. The monoisotopic (exact) mass is 515 g/mol. The van der Waals surface area contributed by atoms with Crippen LogP contribution in [0.4, 0.5) is 5.69 Å². The SMILES string of the molecule is CC[C@@H](CO)N1C(=O)[C@@H]2[C@H]3C(=O)N(C)CC=C[C@@]3(C)S[C@@]23C=CCN(c2ccc(Cl)cc2)C(=O)C13. The van der Waals surface area contributed by atoms with E-state index in [2.05, 4.69) is 0 Å². The Balaban J connectivity index is 1.68. The van der Waals surface area contributed by atoms with Crippen LogP contribution in [-0.4, -0.2) is 80.9 Å². The van der Waals surface area contributed by atoms with Crippen molar-refractivity contribution >= 4 is 46.8 Å². The van der Waals surface area contributed by atoms with Gasteiger partial charge in [-0.2, -0.15) is 0 Å². The van der Waals surface area contributed by atoms with Crippen LogP contribution in [0.1, 0.15) is 20.3 Å². The average Bonchev–Trinajstić information content (AvgIpc) is 3.11. The molecule has 4 aliphatic rings. The fourth-order valence-corrected chi connectivity index (χ4v) is 8.51. The molecule has 0 aromatic heterocycles. The third kappa shape index (κ3) is 3.48. The summed E-state index contributed by atoms with van der Waals surface area (Å²) >= 11 is 7.63. The van der Waals surface area contributed by atoms with Crippen molar-refractivity contribution in [3.05, 3.63) is 53.6 Å². The standard InChI is InChI=1S/C26H30ClN3O4S/c1-4-17(15-31)30-21-24(34)29(18-9-7-16(27)8-10-18)14-6-12-26(21)20(23(30)33)19-22(32)28(3)13-5-11-25(19,2)35-26/h5-12,17,19-21,31H,4,13-15H2,1-3H3/t17-,19-,20-,21?,25+,26-/m0/s1. The molecule has 1 aromatic rings. The van der Waals surface area contributed by atoms with Gasteiger partial charge in [-0.1, -0.05) is 42.8 Å². The molecule has 0 aliphatic carbocycles. The van der Waals surface area contributed by atoms with E-state index in [1.807, 2.05) is 38.2 Å². The number of nitrogens with zero attached hydrogens (tertiary/aromatic N) is 3. The molecule has 186 valence electrons. The predicted octanol–water partition coefficient (Wildman–Crippen LogP) is 2.73. The van der Waals surface area contributed by atoms with E-state index in [1.165, 1.54) is 0 Å². The number of benzene rings is 1. The van der Waals surface area contributed by atoms with E-state index in [-0.39, 0.29) is 24.3 Å². The number of halogens is 1. The van der Waals surface area contributed by atoms with Gasteiger partial charge in [0.1, 0.15) is 6.04 Å². The Hall–Kier alpha value is -2.29. The maximum atomic E-state index is 14.3. The molecule has 9 heteroatoms. The second-order valence-corrected chi connectivity index (χ2v) is 12.2. The molecule has 4 heterocycles. The summed E-state index contributed by atoms with van der Waals surface area (Å²) in [4.78, 5) is 47.0. The van der Waals surface area contributed by atoms with E-state index < -0.39 is 33.4 Å². The molecule has 4 aliphatic heterocycles. The Morgan fingerprint density at radius 3 is 2.40 bits per heavy atom. The Morgan fingerprint density at radius 1 is 1.06 bits per heavy atom. The van der Waals surface area contributed by atoms with Gasteiger partial charge < -0.3 is 19.8 Å². The van der Waals surface area contributed by atoms with Crippen molar-refractivity contribution in [2.24, 2.45) is 11.8 Å². The normalized spacial score (nSPS) is 35.1. The second-order valence-electron chi connectivity index (χ2n) is 9.94. The highest BCUT2D eigenvalue weighted by Crippen LogP contribution is 2.65. The van der Waals surface area contributed by atoms with E-state index >= 15 is 0 Å². The first-order chi connectivity index (χ1) is 16.7. The van der Waals surface area contributed by atoms with Gasteiger partial charge in [-0.05, 0) is 37.6 Å². The molecule has 1 spiro atoms. The number of carbonyl (C=O) groups excluding carboxylic acids is 3. The Bertz CT molecular complexity index is 1120. The molecular formula is C26H30ClN3O4S. The van der Waals surface area contributed by atoms with Gasteiger partial charge in [-0.15, -0.1) is 11.8 Å². The van der Waals surface area contributed by atoms with Gasteiger partial charge in [-0.25, -0.2) is 0 Å². The Morgan fingerprint density at radius 2 is 1.74 bits per heavy atom. The topological polar surface area (TPSA) is 81.2 Å². The first-order valence-corrected chi connectivity index (χ1v) is 13.2. The lowest BCUT2D eigenvalue weighted by Crippen LogP contribution is -2.56. The van der Waals surface area contributed by atoms with Crippen molar-refractivity contribution in [1.82, 2.24) is 9.80 Å². The molecule has 1 aromatic carbocycles. The number of hydrogen-bond acceptors (Lipinski definition) is 5. The number of rotatable bonds is 4. The molecule has 0 saturated carbocycles. The minimum absolute atomic E-state index is 0.0856. The molecule has 1 unspecified atom stereocenters. The number of carbonyl (C=O) groups is 3. The van der Waals surface area contributed by atoms with E-state index in [4.69, 9.17) is 11.6 Å². The Kier molecular flexibility index (Phi) is 6.05. The molecule has 0 bridgehead atoms. The first-order valence-electron chi connectivity index (χ1n) is 12.0. The quantitative estimate of drug-likeness (QED) is 0.624. The van der Waals surface area contributed by atoms with Gasteiger partial charge >= 0.3 is 0 Å². The van der Waals surface area contributed by atoms with Gasteiger partial charge in [0.15, 0.2) is 0 Å². The van der Waals surface area contributed by atoms with Gasteiger partial charge in [0.2, 0.25) is 11.8 Å². The van der Waals surface area contributed by atoms with Crippen molar-refractivity contribution in [2.75, 3.05) is 31.6 Å². The molecule has 2 fully saturated rings. The molecule has 2 saturated heterocycles. The summed E-state index contributed by atoms with van der Waals surface area (Å²) in [5, 5.41) is 10.8. The van der Waals surface area contributed by atoms with Gasteiger partial charge in [0.25, 0.3) is 5.91 Å². The minimum Gasteiger partial charge on any atom is -0.394 e. The number of fused-ring (bicyclic) bond motifs is 2. The van der Waals surface area contributed by atoms with Crippen molar-refractivity contribution in [3.8, 4) is 0 Å². The summed E-state index contributed by atoms with van der Waals surface area (Å²) in [5.41, 5.74) is 0.688. The lowest BCUT2D eigenvalue weighted by atomic mass is 9.74. The predicted molar refractivity (Wildman–Crippen MR) is 137 cm³/mol. The van der Waals surface area contributed by atoms with Crippen LogP contribution in [0.25, 0.3) is 0 Å². The summed E-state index contributed by atoms with van der Waals surface area (Å²) in [6.45, 7) is 4.48. The highest BCUT2D eigenvalue weighted by atomic mass is 35.5. The van der Waals surface area contributed by atoms with E-state index in [0.717, 1.165) is 0 Å². The summed E-state index contributed by atoms with van der Waals surface area (Å²) in [7, 11) is 1.75. The third-order valence-electron chi connectivity index (χ3n) is 7.91. The van der Waals surface area contributed by atoms with Crippen molar-refractivity contribution in [3.63, 3.8) is 0 Å². The molecule has 7 nitrogen and oxygen atoms in total. The first kappa shape index (κ1) is 24.4. The van der Waals surface area contributed by atoms with E-state index in [9.17, 15) is 19.5 Å². The molecule has 5 rings (SSSR count). The van der Waals surface area contributed by atoms with Crippen LogP contribution < -0.4 is 4.90 Å². The number of hydrogen-bond donors (Lipinski definition) is 1.